The first-order valence-corrected chi connectivity index (χ1v) is 4.79. The van der Waals surface area contributed by atoms with Crippen LogP contribution in [-0.2, 0) is 0 Å². The number of nitrogens with one attached hydrogen (secondary N) is 1. The van der Waals surface area contributed by atoms with E-state index in [4.69, 9.17) is 4.52 Å². The van der Waals surface area contributed by atoms with Crippen molar-refractivity contribution in [2.24, 2.45) is 0 Å². The van der Waals surface area contributed by atoms with Crippen LogP contribution in [0.4, 0.5) is 6.01 Å². The number of nitrogens with zero attached hydrogens (tertiary/aromatic N) is 4. The molecule has 0 atom stereocenters. The maximum Gasteiger partial charge on any atom is 0.322 e. The van der Waals surface area contributed by atoms with E-state index < -0.39 is 0 Å². The molecular formula is C9H9N5O. The molecule has 0 bridgehead atoms. The Bertz CT molecular complexity index is 451. The summed E-state index contributed by atoms with van der Waals surface area (Å²) >= 11 is 0. The van der Waals surface area contributed by atoms with Crippen LogP contribution in [0.2, 0.25) is 0 Å². The van der Waals surface area contributed by atoms with Crippen molar-refractivity contribution in [2.45, 2.75) is 18.9 Å². The number of rotatable bonds is 3. The average Bonchev–Trinajstić information content (AvgIpc) is 2.96. The highest BCUT2D eigenvalue weighted by molar-refractivity contribution is 5.43. The molecule has 0 saturated heterocycles. The lowest BCUT2D eigenvalue weighted by Crippen LogP contribution is -2.00. The Morgan fingerprint density at radius 2 is 2.00 bits per heavy atom. The average molecular weight is 203 g/mol. The molecule has 1 N–H and O–H groups in total. The third-order valence-electron chi connectivity index (χ3n) is 2.10. The smallest absolute Gasteiger partial charge is 0.322 e. The van der Waals surface area contributed by atoms with Crippen molar-refractivity contribution in [1.82, 2.24) is 20.1 Å². The van der Waals surface area contributed by atoms with Gasteiger partial charge in [-0.15, -0.1) is 0 Å². The van der Waals surface area contributed by atoms with Crippen molar-refractivity contribution in [1.29, 1.82) is 0 Å². The molecule has 0 radical (unpaired) electrons. The molecule has 0 aliphatic heterocycles. The van der Waals surface area contributed by atoms with Crippen LogP contribution in [0.1, 0.15) is 12.8 Å². The van der Waals surface area contributed by atoms with Gasteiger partial charge in [-0.25, -0.2) is 9.97 Å². The summed E-state index contributed by atoms with van der Waals surface area (Å²) in [7, 11) is 0. The first kappa shape index (κ1) is 8.34. The summed E-state index contributed by atoms with van der Waals surface area (Å²) in [6, 6.07) is 2.68. The van der Waals surface area contributed by atoms with Gasteiger partial charge in [0.05, 0.1) is 0 Å². The molecule has 1 fully saturated rings. The van der Waals surface area contributed by atoms with Crippen LogP contribution in [0.25, 0.3) is 11.6 Å². The quantitative estimate of drug-likeness (QED) is 0.804. The molecule has 6 heteroatoms. The van der Waals surface area contributed by atoms with E-state index in [1.807, 2.05) is 0 Å². The van der Waals surface area contributed by atoms with Gasteiger partial charge in [-0.05, 0) is 18.9 Å². The van der Waals surface area contributed by atoms with Crippen molar-refractivity contribution in [3.05, 3.63) is 18.5 Å². The first-order valence-electron chi connectivity index (χ1n) is 4.79. The SMILES string of the molecule is c1cnc(-c2noc(NC3CC3)n2)nc1. The van der Waals surface area contributed by atoms with E-state index in [1.54, 1.807) is 18.5 Å². The molecule has 2 heterocycles. The molecule has 0 unspecified atom stereocenters. The second-order valence-corrected chi connectivity index (χ2v) is 3.41. The monoisotopic (exact) mass is 203 g/mol. The summed E-state index contributed by atoms with van der Waals surface area (Å²) in [5, 5.41) is 6.90. The first-order chi connectivity index (χ1) is 7.42. The van der Waals surface area contributed by atoms with E-state index in [0.717, 1.165) is 0 Å². The van der Waals surface area contributed by atoms with Gasteiger partial charge in [0.25, 0.3) is 0 Å². The van der Waals surface area contributed by atoms with Gasteiger partial charge in [0.1, 0.15) is 0 Å². The molecule has 2 aromatic rings. The molecule has 1 aliphatic rings. The zero-order chi connectivity index (χ0) is 10.1. The summed E-state index contributed by atoms with van der Waals surface area (Å²) in [5.74, 6) is 0.892. The Kier molecular flexibility index (Phi) is 1.84. The minimum atomic E-state index is 0.416. The van der Waals surface area contributed by atoms with Gasteiger partial charge in [-0.1, -0.05) is 5.16 Å². The Hall–Kier alpha value is -1.98. The van der Waals surface area contributed by atoms with E-state index in [2.05, 4.69) is 25.4 Å². The molecular weight excluding hydrogens is 194 g/mol. The molecule has 1 saturated carbocycles. The Morgan fingerprint density at radius 3 is 2.73 bits per heavy atom. The Balaban J connectivity index is 1.83. The lowest BCUT2D eigenvalue weighted by Gasteiger charge is -1.92. The summed E-state index contributed by atoms with van der Waals surface area (Å²) < 4.78 is 5.02. The normalized spacial score (nSPS) is 15.2. The van der Waals surface area contributed by atoms with Gasteiger partial charge in [0.15, 0.2) is 0 Å². The number of hydrogen-bond acceptors (Lipinski definition) is 6. The molecule has 1 aliphatic carbocycles. The maximum absolute atomic E-state index is 5.02. The number of anilines is 1. The predicted molar refractivity (Wildman–Crippen MR) is 52.0 cm³/mol. The zero-order valence-electron chi connectivity index (χ0n) is 7.92. The maximum atomic E-state index is 5.02. The summed E-state index contributed by atoms with van der Waals surface area (Å²) in [6.45, 7) is 0. The summed E-state index contributed by atoms with van der Waals surface area (Å²) in [6.07, 6.45) is 5.62. The van der Waals surface area contributed by atoms with Crippen molar-refractivity contribution >= 4 is 6.01 Å². The predicted octanol–water partition coefficient (Wildman–Crippen LogP) is 1.10. The van der Waals surface area contributed by atoms with Crippen molar-refractivity contribution < 1.29 is 4.52 Å². The van der Waals surface area contributed by atoms with E-state index in [0.29, 0.717) is 23.7 Å². The number of hydrogen-bond donors (Lipinski definition) is 1. The lowest BCUT2D eigenvalue weighted by atomic mass is 10.5. The largest absolute Gasteiger partial charge is 0.335 e. The van der Waals surface area contributed by atoms with E-state index in [-0.39, 0.29) is 0 Å². The summed E-state index contributed by atoms with van der Waals surface area (Å²) in [4.78, 5) is 12.2. The molecule has 2 aromatic heterocycles. The van der Waals surface area contributed by atoms with Crippen LogP contribution in [0.3, 0.4) is 0 Å². The molecule has 76 valence electrons. The fourth-order valence-corrected chi connectivity index (χ4v) is 1.19. The molecule has 0 aromatic carbocycles. The highest BCUT2D eigenvalue weighted by Crippen LogP contribution is 2.24. The van der Waals surface area contributed by atoms with E-state index >= 15 is 0 Å². The fourth-order valence-electron chi connectivity index (χ4n) is 1.19. The highest BCUT2D eigenvalue weighted by atomic mass is 16.5. The second-order valence-electron chi connectivity index (χ2n) is 3.41. The molecule has 3 rings (SSSR count). The van der Waals surface area contributed by atoms with Crippen LogP contribution >= 0.6 is 0 Å². The summed E-state index contributed by atoms with van der Waals surface area (Å²) in [5.41, 5.74) is 0. The lowest BCUT2D eigenvalue weighted by molar-refractivity contribution is 0.431. The second kappa shape index (κ2) is 3.30. The van der Waals surface area contributed by atoms with Gasteiger partial charge in [0, 0.05) is 18.4 Å². The van der Waals surface area contributed by atoms with Crippen LogP contribution in [-0.4, -0.2) is 26.2 Å². The van der Waals surface area contributed by atoms with E-state index in [1.165, 1.54) is 12.8 Å². The van der Waals surface area contributed by atoms with Crippen LogP contribution in [0.15, 0.2) is 23.0 Å². The molecule has 0 spiro atoms. The van der Waals surface area contributed by atoms with Gasteiger partial charge in [-0.3, -0.25) is 0 Å². The third-order valence-corrected chi connectivity index (χ3v) is 2.10. The molecule has 0 amide bonds. The van der Waals surface area contributed by atoms with Crippen molar-refractivity contribution in [3.8, 4) is 11.6 Å². The van der Waals surface area contributed by atoms with Crippen molar-refractivity contribution in [3.63, 3.8) is 0 Å². The van der Waals surface area contributed by atoms with Crippen LogP contribution in [0, 0.1) is 0 Å². The fraction of sp³-hybridized carbons (Fsp3) is 0.333. The Labute approximate surface area is 85.8 Å². The van der Waals surface area contributed by atoms with Crippen LogP contribution in [0.5, 0.6) is 0 Å². The van der Waals surface area contributed by atoms with Gasteiger partial charge in [0.2, 0.25) is 11.6 Å². The van der Waals surface area contributed by atoms with Crippen LogP contribution < -0.4 is 5.32 Å². The molecule has 15 heavy (non-hydrogen) atoms. The van der Waals surface area contributed by atoms with Gasteiger partial charge in [-0.2, -0.15) is 4.98 Å². The third kappa shape index (κ3) is 1.78. The Morgan fingerprint density at radius 1 is 1.20 bits per heavy atom. The topological polar surface area (TPSA) is 76.7 Å². The van der Waals surface area contributed by atoms with Gasteiger partial charge >= 0.3 is 6.01 Å². The zero-order valence-corrected chi connectivity index (χ0v) is 7.92. The minimum Gasteiger partial charge on any atom is -0.335 e. The standard InChI is InChI=1S/C9H9N5O/c1-4-10-7(11-5-1)8-13-9(15-14-8)12-6-2-3-6/h1,4-6H,2-3H2,(H,12,13,14). The highest BCUT2D eigenvalue weighted by Gasteiger charge is 2.23. The minimum absolute atomic E-state index is 0.416. The van der Waals surface area contributed by atoms with Crippen molar-refractivity contribution in [2.75, 3.05) is 5.32 Å². The van der Waals surface area contributed by atoms with E-state index in [9.17, 15) is 0 Å². The van der Waals surface area contributed by atoms with Gasteiger partial charge < -0.3 is 9.84 Å². The molecule has 6 nitrogen and oxygen atoms in total. The number of aromatic nitrogens is 4.